The lowest BCUT2D eigenvalue weighted by molar-refractivity contribution is 0.0623. The minimum Gasteiger partial charge on any atom is -0.334 e. The number of carbonyl (C=O) groups is 1. The number of rotatable bonds is 5. The fraction of sp³-hybridized carbons (Fsp3) is 0.471. The van der Waals surface area contributed by atoms with Crippen LogP contribution in [0.15, 0.2) is 24.4 Å². The summed E-state index contributed by atoms with van der Waals surface area (Å²) in [5.74, 6) is -0.0813. The molecule has 1 fully saturated rings. The molecule has 140 valence electrons. The summed E-state index contributed by atoms with van der Waals surface area (Å²) in [6, 6.07) is 5.46. The molecule has 0 aromatic carbocycles. The van der Waals surface area contributed by atoms with E-state index in [1.807, 2.05) is 25.1 Å². The van der Waals surface area contributed by atoms with Crippen molar-refractivity contribution < 1.29 is 13.2 Å². The van der Waals surface area contributed by atoms with Crippen LogP contribution in [-0.2, 0) is 10.0 Å². The van der Waals surface area contributed by atoms with E-state index in [-0.39, 0.29) is 18.5 Å². The van der Waals surface area contributed by atoms with Gasteiger partial charge in [-0.1, -0.05) is 6.07 Å². The molecule has 0 spiro atoms. The molecule has 1 saturated heterocycles. The number of aromatic nitrogens is 2. The molecule has 1 aliphatic heterocycles. The van der Waals surface area contributed by atoms with Crippen LogP contribution in [-0.4, -0.2) is 54.6 Å². The smallest absolute Gasteiger partial charge is 0.266 e. The molecule has 1 unspecified atom stereocenters. The monoisotopic (exact) mass is 394 g/mol. The highest BCUT2D eigenvalue weighted by Crippen LogP contribution is 2.29. The standard InChI is InChI=1S/C17H22N4O3S2/c1-12-15(25-16(20-12)14-8-3-5-9-18-14)17(22)21-10-6-4-7-13(21)11-19-26(2,23)24/h3,5,8-9,13,19H,4,6-7,10-11H2,1-2H3. The number of pyridine rings is 1. The maximum Gasteiger partial charge on any atom is 0.266 e. The number of hydrogen-bond donors (Lipinski definition) is 1. The highest BCUT2D eigenvalue weighted by molar-refractivity contribution is 7.88. The van der Waals surface area contributed by atoms with E-state index in [0.29, 0.717) is 22.1 Å². The van der Waals surface area contributed by atoms with Crippen LogP contribution < -0.4 is 4.72 Å². The van der Waals surface area contributed by atoms with Crippen LogP contribution in [0, 0.1) is 6.92 Å². The van der Waals surface area contributed by atoms with Gasteiger partial charge in [-0.05, 0) is 38.3 Å². The molecule has 0 saturated carbocycles. The molecule has 3 rings (SSSR count). The summed E-state index contributed by atoms with van der Waals surface area (Å²) in [6.07, 6.45) is 5.53. The molecule has 0 bridgehead atoms. The van der Waals surface area contributed by atoms with Gasteiger partial charge in [-0.15, -0.1) is 11.3 Å². The zero-order valence-corrected chi connectivity index (χ0v) is 16.4. The topological polar surface area (TPSA) is 92.3 Å². The number of likely N-dealkylation sites (tertiary alicyclic amines) is 1. The lowest BCUT2D eigenvalue weighted by atomic mass is 10.0. The van der Waals surface area contributed by atoms with Crippen molar-refractivity contribution in [2.75, 3.05) is 19.3 Å². The number of aryl methyl sites for hydroxylation is 1. The molecule has 1 atom stereocenters. The third-order valence-corrected chi connectivity index (χ3v) is 6.20. The van der Waals surface area contributed by atoms with Crippen LogP contribution in [0.25, 0.3) is 10.7 Å². The first-order valence-corrected chi connectivity index (χ1v) is 11.2. The van der Waals surface area contributed by atoms with E-state index in [9.17, 15) is 13.2 Å². The molecule has 1 aliphatic rings. The zero-order valence-electron chi connectivity index (χ0n) is 14.8. The van der Waals surface area contributed by atoms with Gasteiger partial charge in [0, 0.05) is 25.3 Å². The molecular weight excluding hydrogens is 372 g/mol. The molecule has 9 heteroatoms. The Labute approximate surface area is 157 Å². The van der Waals surface area contributed by atoms with Gasteiger partial charge in [-0.2, -0.15) is 0 Å². The molecule has 7 nitrogen and oxygen atoms in total. The van der Waals surface area contributed by atoms with E-state index < -0.39 is 10.0 Å². The predicted molar refractivity (Wildman–Crippen MR) is 102 cm³/mol. The quantitative estimate of drug-likeness (QED) is 0.838. The van der Waals surface area contributed by atoms with Gasteiger partial charge in [0.05, 0.1) is 17.6 Å². The van der Waals surface area contributed by atoms with Gasteiger partial charge in [0.15, 0.2) is 0 Å². The van der Waals surface area contributed by atoms with E-state index in [1.54, 1.807) is 11.1 Å². The van der Waals surface area contributed by atoms with Gasteiger partial charge in [0.2, 0.25) is 10.0 Å². The Bertz CT molecular complexity index is 881. The number of nitrogens with zero attached hydrogens (tertiary/aromatic N) is 3. The van der Waals surface area contributed by atoms with Crippen LogP contribution in [0.2, 0.25) is 0 Å². The van der Waals surface area contributed by atoms with Crippen molar-refractivity contribution >= 4 is 27.3 Å². The summed E-state index contributed by atoms with van der Waals surface area (Å²) < 4.78 is 25.3. The fourth-order valence-electron chi connectivity index (χ4n) is 3.05. The Morgan fingerprint density at radius 3 is 2.88 bits per heavy atom. The summed E-state index contributed by atoms with van der Waals surface area (Å²) in [7, 11) is -3.28. The average Bonchev–Trinajstić information content (AvgIpc) is 3.01. The van der Waals surface area contributed by atoms with Gasteiger partial charge >= 0.3 is 0 Å². The van der Waals surface area contributed by atoms with Crippen molar-refractivity contribution in [2.45, 2.75) is 32.2 Å². The number of piperidine rings is 1. The maximum absolute atomic E-state index is 13.1. The van der Waals surface area contributed by atoms with Gasteiger partial charge < -0.3 is 4.90 Å². The number of hydrogen-bond acceptors (Lipinski definition) is 6. The first kappa shape index (κ1) is 18.9. The van der Waals surface area contributed by atoms with Crippen LogP contribution in [0.3, 0.4) is 0 Å². The van der Waals surface area contributed by atoms with Gasteiger partial charge in [0.1, 0.15) is 9.88 Å². The lowest BCUT2D eigenvalue weighted by Gasteiger charge is -2.35. The SMILES string of the molecule is Cc1nc(-c2ccccn2)sc1C(=O)N1CCCCC1CNS(C)(=O)=O. The largest absolute Gasteiger partial charge is 0.334 e. The second-order valence-electron chi connectivity index (χ2n) is 6.42. The highest BCUT2D eigenvalue weighted by Gasteiger charge is 2.30. The minimum atomic E-state index is -3.28. The minimum absolute atomic E-state index is 0.0813. The second kappa shape index (κ2) is 7.81. The predicted octanol–water partition coefficient (Wildman–Crippen LogP) is 2.06. The molecule has 2 aromatic heterocycles. The van der Waals surface area contributed by atoms with Gasteiger partial charge in [-0.25, -0.2) is 18.1 Å². The molecule has 3 heterocycles. The molecule has 1 amide bonds. The summed E-state index contributed by atoms with van der Waals surface area (Å²) >= 11 is 1.34. The Hall–Kier alpha value is -1.84. The Morgan fingerprint density at radius 2 is 2.19 bits per heavy atom. The maximum atomic E-state index is 13.1. The number of carbonyl (C=O) groups excluding carboxylic acids is 1. The van der Waals surface area contributed by atoms with Crippen LogP contribution >= 0.6 is 11.3 Å². The third-order valence-electron chi connectivity index (χ3n) is 4.34. The van der Waals surface area contributed by atoms with Crippen LogP contribution in [0.4, 0.5) is 0 Å². The molecule has 1 N–H and O–H groups in total. The van der Waals surface area contributed by atoms with E-state index in [2.05, 4.69) is 14.7 Å². The summed E-state index contributed by atoms with van der Waals surface area (Å²) in [5.41, 5.74) is 1.43. The molecule has 2 aromatic rings. The van der Waals surface area contributed by atoms with E-state index in [1.165, 1.54) is 11.3 Å². The number of sulfonamides is 1. The van der Waals surface area contributed by atoms with Crippen molar-refractivity contribution in [1.29, 1.82) is 0 Å². The number of nitrogens with one attached hydrogen (secondary N) is 1. The fourth-order valence-corrected chi connectivity index (χ4v) is 4.55. The zero-order chi connectivity index (χ0) is 18.7. The van der Waals surface area contributed by atoms with E-state index in [0.717, 1.165) is 31.2 Å². The Kier molecular flexibility index (Phi) is 5.69. The van der Waals surface area contributed by atoms with Crippen LogP contribution in [0.1, 0.15) is 34.6 Å². The molecule has 0 aliphatic carbocycles. The van der Waals surface area contributed by atoms with Crippen molar-refractivity contribution in [3.8, 4) is 10.7 Å². The van der Waals surface area contributed by atoms with Crippen molar-refractivity contribution in [2.24, 2.45) is 0 Å². The first-order valence-electron chi connectivity index (χ1n) is 8.49. The molecular formula is C17H22N4O3S2. The molecule has 0 radical (unpaired) electrons. The van der Waals surface area contributed by atoms with E-state index >= 15 is 0 Å². The highest BCUT2D eigenvalue weighted by atomic mass is 32.2. The van der Waals surface area contributed by atoms with Gasteiger partial charge in [0.25, 0.3) is 5.91 Å². The second-order valence-corrected chi connectivity index (χ2v) is 9.25. The number of amides is 1. The molecule has 26 heavy (non-hydrogen) atoms. The Balaban J connectivity index is 1.82. The normalized spacial score (nSPS) is 18.1. The summed E-state index contributed by atoms with van der Waals surface area (Å²) in [4.78, 5) is 24.3. The van der Waals surface area contributed by atoms with Crippen LogP contribution in [0.5, 0.6) is 0 Å². The summed E-state index contributed by atoms with van der Waals surface area (Å²) in [5, 5.41) is 0.717. The lowest BCUT2D eigenvalue weighted by Crippen LogP contribution is -2.49. The third kappa shape index (κ3) is 4.46. The van der Waals surface area contributed by atoms with Crippen molar-refractivity contribution in [1.82, 2.24) is 19.6 Å². The van der Waals surface area contributed by atoms with Gasteiger partial charge in [-0.3, -0.25) is 9.78 Å². The van der Waals surface area contributed by atoms with Crippen molar-refractivity contribution in [3.05, 3.63) is 35.0 Å². The summed E-state index contributed by atoms with van der Waals surface area (Å²) in [6.45, 7) is 2.70. The van der Waals surface area contributed by atoms with E-state index in [4.69, 9.17) is 0 Å². The average molecular weight is 395 g/mol. The Morgan fingerprint density at radius 1 is 1.38 bits per heavy atom. The van der Waals surface area contributed by atoms with Crippen molar-refractivity contribution in [3.63, 3.8) is 0 Å². The first-order chi connectivity index (χ1) is 12.3. The number of thiazole rings is 1.